The molecule has 0 saturated carbocycles. The third kappa shape index (κ3) is 4.13. The molecule has 0 saturated heterocycles. The maximum Gasteiger partial charge on any atom is 0.262 e. The van der Waals surface area contributed by atoms with Gasteiger partial charge in [0.15, 0.2) is 11.7 Å². The lowest BCUT2D eigenvalue weighted by molar-refractivity contribution is -0.118. The van der Waals surface area contributed by atoms with Gasteiger partial charge >= 0.3 is 0 Å². The molecule has 0 aromatic heterocycles. The number of rotatable bonds is 3. The van der Waals surface area contributed by atoms with E-state index >= 15 is 0 Å². The predicted molar refractivity (Wildman–Crippen MR) is 103 cm³/mol. The number of hydrogen-bond donors (Lipinski definition) is 3. The summed E-state index contributed by atoms with van der Waals surface area (Å²) in [6.45, 7) is 3.90. The minimum atomic E-state index is -0.166. The van der Waals surface area contributed by atoms with E-state index in [1.165, 1.54) is 0 Å². The molecule has 1 aliphatic heterocycles. The summed E-state index contributed by atoms with van der Waals surface area (Å²) < 4.78 is 5.35. The van der Waals surface area contributed by atoms with Crippen molar-refractivity contribution < 1.29 is 9.53 Å². The van der Waals surface area contributed by atoms with Gasteiger partial charge in [-0.2, -0.15) is 5.10 Å². The predicted octanol–water partition coefficient (Wildman–Crippen LogP) is 3.04. The number of carbonyl (C=O) groups excluding carboxylic acids is 1. The highest BCUT2D eigenvalue weighted by Gasteiger charge is 2.16. The van der Waals surface area contributed by atoms with Crippen LogP contribution >= 0.6 is 12.2 Å². The Kier molecular flexibility index (Phi) is 4.95. The van der Waals surface area contributed by atoms with Gasteiger partial charge in [0.2, 0.25) is 0 Å². The van der Waals surface area contributed by atoms with Crippen LogP contribution in [0.4, 0.5) is 11.4 Å². The quantitative estimate of drug-likeness (QED) is 0.449. The Labute approximate surface area is 151 Å². The van der Waals surface area contributed by atoms with Crippen LogP contribution in [0.3, 0.4) is 0 Å². The van der Waals surface area contributed by atoms with Crippen molar-refractivity contribution in [3.8, 4) is 5.75 Å². The van der Waals surface area contributed by atoms with Gasteiger partial charge in [0.1, 0.15) is 5.75 Å². The Morgan fingerprint density at radius 1 is 1.28 bits per heavy atom. The molecule has 0 fully saturated rings. The smallest absolute Gasteiger partial charge is 0.262 e. The third-order valence-electron chi connectivity index (χ3n) is 3.75. The lowest BCUT2D eigenvalue weighted by Gasteiger charge is -2.18. The Morgan fingerprint density at radius 3 is 2.88 bits per heavy atom. The molecule has 128 valence electrons. The number of fused-ring (bicyclic) bond motifs is 1. The van der Waals surface area contributed by atoms with E-state index in [4.69, 9.17) is 17.0 Å². The van der Waals surface area contributed by atoms with E-state index in [9.17, 15) is 4.79 Å². The molecule has 1 heterocycles. The summed E-state index contributed by atoms with van der Waals surface area (Å²) in [5, 5.41) is 10.6. The zero-order chi connectivity index (χ0) is 17.8. The molecular formula is C18H18N4O2S. The number of thiocarbonyl (C=S) groups is 1. The van der Waals surface area contributed by atoms with Gasteiger partial charge in [-0.1, -0.05) is 18.2 Å². The second kappa shape index (κ2) is 7.31. The normalized spacial score (nSPS) is 13.4. The molecule has 7 heteroatoms. The van der Waals surface area contributed by atoms with Crippen LogP contribution in [0.1, 0.15) is 18.1 Å². The summed E-state index contributed by atoms with van der Waals surface area (Å²) in [6, 6.07) is 13.4. The van der Waals surface area contributed by atoms with Crippen LogP contribution in [0.15, 0.2) is 47.6 Å². The zero-order valence-corrected chi connectivity index (χ0v) is 14.7. The fourth-order valence-electron chi connectivity index (χ4n) is 2.37. The molecule has 0 bridgehead atoms. The zero-order valence-electron chi connectivity index (χ0n) is 13.9. The lowest BCUT2D eigenvalue weighted by Crippen LogP contribution is -2.26. The standard InChI is InChI=1S/C18H18N4O2S/c1-11-5-3-4-6-14(11)20-18(25)22-21-12(2)13-7-8-16-15(9-13)19-17(23)10-24-16/h3-9H,10H2,1-2H3,(H,19,23)(H2,20,22,25)/b21-12-. The second-order valence-electron chi connectivity index (χ2n) is 5.63. The van der Waals surface area contributed by atoms with E-state index in [0.29, 0.717) is 16.5 Å². The Morgan fingerprint density at radius 2 is 2.08 bits per heavy atom. The summed E-state index contributed by atoms with van der Waals surface area (Å²) in [5.41, 5.74) is 7.09. The molecule has 0 aliphatic carbocycles. The van der Waals surface area contributed by atoms with Crippen LogP contribution in [0.2, 0.25) is 0 Å². The molecule has 2 aromatic rings. The first-order chi connectivity index (χ1) is 12.0. The summed E-state index contributed by atoms with van der Waals surface area (Å²) in [6.07, 6.45) is 0. The minimum Gasteiger partial charge on any atom is -0.482 e. The second-order valence-corrected chi connectivity index (χ2v) is 6.03. The van der Waals surface area contributed by atoms with Gasteiger partial charge in [-0.3, -0.25) is 10.2 Å². The van der Waals surface area contributed by atoms with Crippen LogP contribution in [0, 0.1) is 6.92 Å². The van der Waals surface area contributed by atoms with Gasteiger partial charge < -0.3 is 15.4 Å². The number of ether oxygens (including phenoxy) is 1. The highest BCUT2D eigenvalue weighted by Crippen LogP contribution is 2.28. The molecule has 2 aromatic carbocycles. The fourth-order valence-corrected chi connectivity index (χ4v) is 2.53. The van der Waals surface area contributed by atoms with Crippen molar-refractivity contribution in [3.05, 3.63) is 53.6 Å². The van der Waals surface area contributed by atoms with Gasteiger partial charge in [-0.25, -0.2) is 0 Å². The number of benzene rings is 2. The number of anilines is 2. The molecular weight excluding hydrogens is 336 g/mol. The number of para-hydroxylation sites is 1. The van der Waals surface area contributed by atoms with Crippen molar-refractivity contribution in [2.75, 3.05) is 17.2 Å². The topological polar surface area (TPSA) is 74.8 Å². The third-order valence-corrected chi connectivity index (χ3v) is 3.94. The molecule has 0 unspecified atom stereocenters. The largest absolute Gasteiger partial charge is 0.482 e. The first kappa shape index (κ1) is 16.9. The number of aryl methyl sites for hydroxylation is 1. The molecule has 25 heavy (non-hydrogen) atoms. The molecule has 3 rings (SSSR count). The monoisotopic (exact) mass is 354 g/mol. The van der Waals surface area contributed by atoms with Crippen LogP contribution in [0.25, 0.3) is 0 Å². The summed E-state index contributed by atoms with van der Waals surface area (Å²) >= 11 is 5.27. The Bertz CT molecular complexity index is 864. The molecule has 6 nitrogen and oxygen atoms in total. The average molecular weight is 354 g/mol. The van der Waals surface area contributed by atoms with Gasteiger partial charge in [-0.05, 0) is 61.5 Å². The van der Waals surface area contributed by atoms with Crippen molar-refractivity contribution in [3.63, 3.8) is 0 Å². The number of nitrogens with one attached hydrogen (secondary N) is 3. The summed E-state index contributed by atoms with van der Waals surface area (Å²) in [5.74, 6) is 0.488. The van der Waals surface area contributed by atoms with E-state index in [2.05, 4.69) is 21.2 Å². The van der Waals surface area contributed by atoms with Crippen LogP contribution in [-0.2, 0) is 4.79 Å². The van der Waals surface area contributed by atoms with Crippen molar-refractivity contribution in [2.24, 2.45) is 5.10 Å². The first-order valence-electron chi connectivity index (χ1n) is 7.77. The Hall–Kier alpha value is -2.93. The summed E-state index contributed by atoms with van der Waals surface area (Å²) in [4.78, 5) is 11.4. The molecule has 0 atom stereocenters. The van der Waals surface area contributed by atoms with Crippen LogP contribution in [-0.4, -0.2) is 23.3 Å². The lowest BCUT2D eigenvalue weighted by atomic mass is 10.1. The van der Waals surface area contributed by atoms with Gasteiger partial charge in [0.05, 0.1) is 11.4 Å². The van der Waals surface area contributed by atoms with Crippen molar-refractivity contribution >= 4 is 40.3 Å². The van der Waals surface area contributed by atoms with E-state index < -0.39 is 0 Å². The van der Waals surface area contributed by atoms with E-state index in [1.54, 1.807) is 0 Å². The Balaban J connectivity index is 1.67. The van der Waals surface area contributed by atoms with Crippen molar-refractivity contribution in [2.45, 2.75) is 13.8 Å². The number of carbonyl (C=O) groups is 1. The van der Waals surface area contributed by atoms with Crippen molar-refractivity contribution in [1.82, 2.24) is 5.43 Å². The fraction of sp³-hybridized carbons (Fsp3) is 0.167. The van der Waals surface area contributed by atoms with E-state index in [0.717, 1.165) is 22.5 Å². The first-order valence-corrected chi connectivity index (χ1v) is 8.18. The van der Waals surface area contributed by atoms with Gasteiger partial charge in [0, 0.05) is 5.69 Å². The molecule has 0 radical (unpaired) electrons. The average Bonchev–Trinajstić information content (AvgIpc) is 2.61. The van der Waals surface area contributed by atoms with Crippen LogP contribution < -0.4 is 20.8 Å². The maximum atomic E-state index is 11.4. The summed E-state index contributed by atoms with van der Waals surface area (Å²) in [7, 11) is 0. The maximum absolute atomic E-state index is 11.4. The van der Waals surface area contributed by atoms with Crippen LogP contribution in [0.5, 0.6) is 5.75 Å². The van der Waals surface area contributed by atoms with Gasteiger partial charge in [0.25, 0.3) is 5.91 Å². The minimum absolute atomic E-state index is 0.0415. The number of amides is 1. The number of hydrazone groups is 1. The van der Waals surface area contributed by atoms with E-state index in [1.807, 2.05) is 56.3 Å². The highest BCUT2D eigenvalue weighted by atomic mass is 32.1. The molecule has 1 aliphatic rings. The number of hydrogen-bond acceptors (Lipinski definition) is 4. The molecule has 3 N–H and O–H groups in total. The van der Waals surface area contributed by atoms with Crippen molar-refractivity contribution in [1.29, 1.82) is 0 Å². The van der Waals surface area contributed by atoms with E-state index in [-0.39, 0.29) is 12.5 Å². The molecule has 0 spiro atoms. The molecule has 1 amide bonds. The SMILES string of the molecule is C/C(=N/NC(=S)Nc1ccccc1C)c1ccc2c(c1)NC(=O)CO2. The number of nitrogens with zero attached hydrogens (tertiary/aromatic N) is 1. The van der Waals surface area contributed by atoms with Gasteiger partial charge in [-0.15, -0.1) is 0 Å². The highest BCUT2D eigenvalue weighted by molar-refractivity contribution is 7.80.